The fourth-order valence-corrected chi connectivity index (χ4v) is 4.55. The number of benzene rings is 3. The van der Waals surface area contributed by atoms with Crippen LogP contribution in [0.4, 0.5) is 0 Å². The summed E-state index contributed by atoms with van der Waals surface area (Å²) in [5.41, 5.74) is 2.41. The Morgan fingerprint density at radius 3 is 2.65 bits per heavy atom. The molecule has 0 atom stereocenters. The summed E-state index contributed by atoms with van der Waals surface area (Å²) in [7, 11) is 0. The highest BCUT2D eigenvalue weighted by atomic mass is 32.1. The van der Waals surface area contributed by atoms with Gasteiger partial charge in [-0.15, -0.1) is 11.3 Å². The quantitative estimate of drug-likeness (QED) is 0.316. The molecule has 2 aromatic heterocycles. The van der Waals surface area contributed by atoms with Crippen molar-refractivity contribution in [3.8, 4) is 0 Å². The average molecular weight is 471 g/mol. The Balaban J connectivity index is 1.13. The number of hydrogen-bond donors (Lipinski definition) is 1. The second-order valence-corrected chi connectivity index (χ2v) is 8.86. The van der Waals surface area contributed by atoms with Crippen LogP contribution in [0, 0.1) is 0 Å². The predicted octanol–water partition coefficient (Wildman–Crippen LogP) is 5.19. The van der Waals surface area contributed by atoms with Crippen molar-refractivity contribution in [2.24, 2.45) is 0 Å². The molecule has 5 rings (SSSR count). The summed E-state index contributed by atoms with van der Waals surface area (Å²) in [4.78, 5) is 28.9. The highest BCUT2D eigenvalue weighted by molar-refractivity contribution is 7.09. The largest absolute Gasteiger partial charge is 0.460 e. The number of aromatic nitrogens is 1. The number of furan rings is 1. The number of ether oxygens (including phenoxy) is 1. The van der Waals surface area contributed by atoms with Gasteiger partial charge < -0.3 is 14.5 Å². The van der Waals surface area contributed by atoms with Gasteiger partial charge in [-0.3, -0.25) is 9.59 Å². The van der Waals surface area contributed by atoms with E-state index < -0.39 is 5.97 Å². The van der Waals surface area contributed by atoms with Gasteiger partial charge in [0.2, 0.25) is 5.91 Å². The van der Waals surface area contributed by atoms with E-state index in [4.69, 9.17) is 9.15 Å². The van der Waals surface area contributed by atoms with Crippen molar-refractivity contribution in [1.29, 1.82) is 0 Å². The first-order valence-electron chi connectivity index (χ1n) is 10.9. The van der Waals surface area contributed by atoms with E-state index in [1.807, 2.05) is 72.8 Å². The maximum Gasteiger partial charge on any atom is 0.313 e. The number of esters is 1. The Kier molecular flexibility index (Phi) is 6.35. The Morgan fingerprint density at radius 2 is 1.76 bits per heavy atom. The van der Waals surface area contributed by atoms with Gasteiger partial charge >= 0.3 is 5.97 Å². The molecule has 0 aliphatic carbocycles. The Labute approximate surface area is 200 Å². The van der Waals surface area contributed by atoms with Gasteiger partial charge in [0.1, 0.15) is 29.4 Å². The van der Waals surface area contributed by atoms with E-state index in [0.717, 1.165) is 27.3 Å². The maximum absolute atomic E-state index is 12.4. The van der Waals surface area contributed by atoms with Gasteiger partial charge in [-0.25, -0.2) is 4.98 Å². The molecule has 1 N–H and O–H groups in total. The van der Waals surface area contributed by atoms with E-state index in [2.05, 4.69) is 10.3 Å². The lowest BCUT2D eigenvalue weighted by atomic mass is 10.1. The van der Waals surface area contributed by atoms with Crippen LogP contribution in [0.1, 0.15) is 22.0 Å². The molecular formula is C27H22N2O4S. The molecule has 6 nitrogen and oxygen atoms in total. The fraction of sp³-hybridized carbons (Fsp3) is 0.148. The van der Waals surface area contributed by atoms with Crippen LogP contribution in [0.2, 0.25) is 0 Å². The van der Waals surface area contributed by atoms with Crippen LogP contribution < -0.4 is 5.32 Å². The standard InChI is InChI=1S/C27H22N2O4S/c30-25(28-15-18-6-2-1-3-7-18)14-26-29-20(17-34-26)16-32-27(31)13-21-12-23-22-9-5-4-8-19(22)10-11-24(23)33-21/h1-12,17H,13-16H2,(H,28,30). The van der Waals surface area contributed by atoms with E-state index in [1.54, 1.807) is 5.38 Å². The number of thiazole rings is 1. The predicted molar refractivity (Wildman–Crippen MR) is 131 cm³/mol. The van der Waals surface area contributed by atoms with Gasteiger partial charge in [0.15, 0.2) is 0 Å². The third kappa shape index (κ3) is 5.15. The number of carbonyl (C=O) groups is 2. The number of hydrogen-bond acceptors (Lipinski definition) is 6. The molecule has 0 spiro atoms. The maximum atomic E-state index is 12.4. The lowest BCUT2D eigenvalue weighted by Gasteiger charge is -2.04. The molecule has 0 unspecified atom stereocenters. The summed E-state index contributed by atoms with van der Waals surface area (Å²) < 4.78 is 11.2. The smallest absolute Gasteiger partial charge is 0.313 e. The zero-order chi connectivity index (χ0) is 23.3. The van der Waals surface area contributed by atoms with E-state index in [0.29, 0.717) is 23.0 Å². The van der Waals surface area contributed by atoms with Crippen LogP contribution >= 0.6 is 11.3 Å². The summed E-state index contributed by atoms with van der Waals surface area (Å²) in [6.07, 6.45) is 0.236. The molecular weight excluding hydrogens is 448 g/mol. The van der Waals surface area contributed by atoms with Crippen LogP contribution in [-0.4, -0.2) is 16.9 Å². The Morgan fingerprint density at radius 1 is 0.941 bits per heavy atom. The molecule has 3 aromatic carbocycles. The van der Waals surface area contributed by atoms with Crippen molar-refractivity contribution in [2.75, 3.05) is 0 Å². The van der Waals surface area contributed by atoms with Crippen molar-refractivity contribution in [1.82, 2.24) is 10.3 Å². The van der Waals surface area contributed by atoms with Crippen molar-refractivity contribution in [2.45, 2.75) is 26.0 Å². The fourth-order valence-electron chi connectivity index (χ4n) is 3.77. The monoisotopic (exact) mass is 470 g/mol. The summed E-state index contributed by atoms with van der Waals surface area (Å²) in [5, 5.41) is 8.57. The second kappa shape index (κ2) is 9.89. The number of amides is 1. The van der Waals surface area contributed by atoms with Crippen LogP contribution in [0.5, 0.6) is 0 Å². The molecule has 2 heterocycles. The van der Waals surface area contributed by atoms with Crippen LogP contribution in [-0.2, 0) is 40.3 Å². The molecule has 170 valence electrons. The first kappa shape index (κ1) is 21.9. The molecule has 0 radical (unpaired) electrons. The van der Waals surface area contributed by atoms with Crippen LogP contribution in [0.3, 0.4) is 0 Å². The molecule has 0 aliphatic rings. The molecule has 5 aromatic rings. The van der Waals surface area contributed by atoms with Gasteiger partial charge in [-0.05, 0) is 28.5 Å². The number of nitrogens with one attached hydrogen (secondary N) is 1. The normalized spacial score (nSPS) is 11.1. The van der Waals surface area contributed by atoms with Crippen molar-refractivity contribution in [3.05, 3.63) is 100 Å². The molecule has 0 bridgehead atoms. The number of fused-ring (bicyclic) bond motifs is 3. The molecule has 0 aliphatic heterocycles. The average Bonchev–Trinajstić information content (AvgIpc) is 3.48. The molecule has 0 saturated carbocycles. The summed E-state index contributed by atoms with van der Waals surface area (Å²) in [5.74, 6) is 0.0723. The van der Waals surface area contributed by atoms with Crippen LogP contribution in [0.25, 0.3) is 21.7 Å². The minimum absolute atomic E-state index is 0.0435. The van der Waals surface area contributed by atoms with Gasteiger partial charge in [0, 0.05) is 17.3 Å². The molecule has 1 amide bonds. The van der Waals surface area contributed by atoms with Crippen LogP contribution in [0.15, 0.2) is 82.6 Å². The van der Waals surface area contributed by atoms with Gasteiger partial charge in [0.25, 0.3) is 0 Å². The second-order valence-electron chi connectivity index (χ2n) is 7.92. The van der Waals surface area contributed by atoms with Gasteiger partial charge in [-0.1, -0.05) is 60.7 Å². The Bertz CT molecular complexity index is 1460. The first-order valence-corrected chi connectivity index (χ1v) is 11.8. The van der Waals surface area contributed by atoms with E-state index in [-0.39, 0.29) is 25.4 Å². The molecule has 0 saturated heterocycles. The van der Waals surface area contributed by atoms with Gasteiger partial charge in [-0.2, -0.15) is 0 Å². The number of nitrogens with zero attached hydrogens (tertiary/aromatic N) is 1. The topological polar surface area (TPSA) is 81.4 Å². The SMILES string of the molecule is O=C(Cc1nc(COC(=O)Cc2cc3c(ccc4ccccc43)o2)cs1)NCc1ccccc1. The first-order chi connectivity index (χ1) is 16.6. The van der Waals surface area contributed by atoms with Crippen molar-refractivity contribution < 1.29 is 18.7 Å². The Hall–Kier alpha value is -3.97. The summed E-state index contributed by atoms with van der Waals surface area (Å²) >= 11 is 1.38. The molecule has 0 fully saturated rings. The lowest BCUT2D eigenvalue weighted by Crippen LogP contribution is -2.24. The minimum Gasteiger partial charge on any atom is -0.460 e. The number of rotatable bonds is 8. The highest BCUT2D eigenvalue weighted by Crippen LogP contribution is 2.28. The third-order valence-corrected chi connectivity index (χ3v) is 6.32. The third-order valence-electron chi connectivity index (χ3n) is 5.42. The summed E-state index contributed by atoms with van der Waals surface area (Å²) in [6, 6.07) is 23.6. The summed E-state index contributed by atoms with van der Waals surface area (Å²) in [6.45, 7) is 0.539. The molecule has 7 heteroatoms. The molecule has 34 heavy (non-hydrogen) atoms. The van der Waals surface area contributed by atoms with E-state index >= 15 is 0 Å². The lowest BCUT2D eigenvalue weighted by molar-refractivity contribution is -0.144. The van der Waals surface area contributed by atoms with Gasteiger partial charge in [0.05, 0.1) is 12.1 Å². The highest BCUT2D eigenvalue weighted by Gasteiger charge is 2.14. The van der Waals surface area contributed by atoms with E-state index in [9.17, 15) is 9.59 Å². The van der Waals surface area contributed by atoms with Crippen molar-refractivity contribution >= 4 is 45.0 Å². The minimum atomic E-state index is -0.390. The van der Waals surface area contributed by atoms with Crippen molar-refractivity contribution in [3.63, 3.8) is 0 Å². The number of carbonyl (C=O) groups excluding carboxylic acids is 2. The zero-order valence-corrected chi connectivity index (χ0v) is 19.1. The van der Waals surface area contributed by atoms with E-state index in [1.165, 1.54) is 11.3 Å². The zero-order valence-electron chi connectivity index (χ0n) is 18.3.